The monoisotopic (exact) mass is 305 g/mol. The van der Waals surface area contributed by atoms with Crippen LogP contribution in [0.3, 0.4) is 0 Å². The molecule has 0 atom stereocenters. The van der Waals surface area contributed by atoms with Crippen LogP contribution in [0.5, 0.6) is 0 Å². The Balaban J connectivity index is 1.90. The van der Waals surface area contributed by atoms with Gasteiger partial charge in [-0.2, -0.15) is 0 Å². The second kappa shape index (κ2) is 7.22. The number of pyridine rings is 1. The fourth-order valence-electron chi connectivity index (χ4n) is 2.50. The number of carbonyl (C=O) groups excluding carboxylic acids is 2. The summed E-state index contributed by atoms with van der Waals surface area (Å²) in [5.41, 5.74) is 5.86. The quantitative estimate of drug-likeness (QED) is 0.813. The highest BCUT2D eigenvalue weighted by Crippen LogP contribution is 2.18. The number of anilines is 1. The van der Waals surface area contributed by atoms with Gasteiger partial charge in [-0.05, 0) is 12.1 Å². The van der Waals surface area contributed by atoms with Crippen LogP contribution in [-0.4, -0.2) is 73.4 Å². The van der Waals surface area contributed by atoms with Crippen molar-refractivity contribution in [1.29, 1.82) is 0 Å². The molecule has 1 fully saturated rings. The summed E-state index contributed by atoms with van der Waals surface area (Å²) < 4.78 is 0. The Hall–Kier alpha value is -2.15. The van der Waals surface area contributed by atoms with Crippen molar-refractivity contribution in [2.24, 2.45) is 5.73 Å². The molecule has 22 heavy (non-hydrogen) atoms. The van der Waals surface area contributed by atoms with Crippen molar-refractivity contribution in [3.63, 3.8) is 0 Å². The zero-order valence-electron chi connectivity index (χ0n) is 13.2. The van der Waals surface area contributed by atoms with Crippen LogP contribution in [0.15, 0.2) is 18.3 Å². The second-order valence-electron chi connectivity index (χ2n) is 5.61. The van der Waals surface area contributed by atoms with Gasteiger partial charge in [0.1, 0.15) is 5.82 Å². The predicted octanol–water partition coefficient (Wildman–Crippen LogP) is -0.219. The van der Waals surface area contributed by atoms with E-state index in [1.54, 1.807) is 37.3 Å². The molecule has 120 valence electrons. The van der Waals surface area contributed by atoms with Crippen LogP contribution in [0.2, 0.25) is 0 Å². The van der Waals surface area contributed by atoms with E-state index in [2.05, 4.69) is 14.8 Å². The van der Waals surface area contributed by atoms with E-state index in [4.69, 9.17) is 5.73 Å². The SMILES string of the molecule is CN(C)C(=O)CCN1CCN(c2ncccc2C(N)=O)CC1. The van der Waals surface area contributed by atoms with Gasteiger partial charge in [-0.15, -0.1) is 0 Å². The highest BCUT2D eigenvalue weighted by molar-refractivity contribution is 5.97. The van der Waals surface area contributed by atoms with Gasteiger partial charge < -0.3 is 15.5 Å². The van der Waals surface area contributed by atoms with Crippen LogP contribution in [0.25, 0.3) is 0 Å². The Morgan fingerprint density at radius 3 is 2.55 bits per heavy atom. The van der Waals surface area contributed by atoms with Gasteiger partial charge in [0.2, 0.25) is 5.91 Å². The minimum Gasteiger partial charge on any atom is -0.365 e. The van der Waals surface area contributed by atoms with E-state index in [9.17, 15) is 9.59 Å². The fourth-order valence-corrected chi connectivity index (χ4v) is 2.50. The largest absolute Gasteiger partial charge is 0.365 e. The van der Waals surface area contributed by atoms with Crippen molar-refractivity contribution in [2.75, 3.05) is 51.7 Å². The summed E-state index contributed by atoms with van der Waals surface area (Å²) in [5.74, 6) is 0.337. The van der Waals surface area contributed by atoms with Crippen LogP contribution in [0.1, 0.15) is 16.8 Å². The third-order valence-electron chi connectivity index (χ3n) is 3.86. The van der Waals surface area contributed by atoms with E-state index in [-0.39, 0.29) is 5.91 Å². The van der Waals surface area contributed by atoms with Crippen LogP contribution in [0.4, 0.5) is 5.82 Å². The minimum atomic E-state index is -0.456. The molecule has 7 nitrogen and oxygen atoms in total. The Kier molecular flexibility index (Phi) is 5.32. The molecule has 2 amide bonds. The van der Waals surface area contributed by atoms with E-state index >= 15 is 0 Å². The van der Waals surface area contributed by atoms with Gasteiger partial charge in [0.25, 0.3) is 5.91 Å². The number of rotatable bonds is 5. The summed E-state index contributed by atoms with van der Waals surface area (Å²) in [7, 11) is 3.54. The first kappa shape index (κ1) is 16.2. The van der Waals surface area contributed by atoms with Gasteiger partial charge in [0.15, 0.2) is 0 Å². The summed E-state index contributed by atoms with van der Waals surface area (Å²) in [4.78, 5) is 33.3. The first-order valence-electron chi connectivity index (χ1n) is 7.41. The van der Waals surface area contributed by atoms with Crippen molar-refractivity contribution >= 4 is 17.6 Å². The minimum absolute atomic E-state index is 0.142. The molecule has 1 aromatic rings. The Morgan fingerprint density at radius 1 is 1.27 bits per heavy atom. The van der Waals surface area contributed by atoms with E-state index in [0.29, 0.717) is 17.8 Å². The Bertz CT molecular complexity index is 538. The van der Waals surface area contributed by atoms with Gasteiger partial charge in [0.05, 0.1) is 5.56 Å². The lowest BCUT2D eigenvalue weighted by Crippen LogP contribution is -2.48. The summed E-state index contributed by atoms with van der Waals surface area (Å²) in [6, 6.07) is 3.42. The predicted molar refractivity (Wildman–Crippen MR) is 84.7 cm³/mol. The van der Waals surface area contributed by atoms with Gasteiger partial charge in [-0.3, -0.25) is 14.5 Å². The lowest BCUT2D eigenvalue weighted by Gasteiger charge is -2.35. The molecule has 1 aliphatic rings. The third kappa shape index (κ3) is 3.94. The lowest BCUT2D eigenvalue weighted by atomic mass is 10.2. The van der Waals surface area contributed by atoms with Gasteiger partial charge in [-0.1, -0.05) is 0 Å². The number of nitrogens with two attached hydrogens (primary N) is 1. The molecule has 7 heteroatoms. The molecular weight excluding hydrogens is 282 g/mol. The number of piperazine rings is 1. The average Bonchev–Trinajstić information content (AvgIpc) is 2.53. The molecule has 0 bridgehead atoms. The number of hydrogen-bond acceptors (Lipinski definition) is 5. The number of amides is 2. The van der Waals surface area contributed by atoms with Gasteiger partial charge in [0, 0.05) is 59.4 Å². The first-order chi connectivity index (χ1) is 10.5. The molecule has 0 aliphatic carbocycles. The highest BCUT2D eigenvalue weighted by Gasteiger charge is 2.22. The molecular formula is C15H23N5O2. The molecule has 0 aromatic carbocycles. The molecule has 0 spiro atoms. The maximum absolute atomic E-state index is 11.6. The van der Waals surface area contributed by atoms with Crippen LogP contribution < -0.4 is 10.6 Å². The van der Waals surface area contributed by atoms with E-state index in [1.165, 1.54) is 0 Å². The summed E-state index contributed by atoms with van der Waals surface area (Å²) >= 11 is 0. The normalized spacial score (nSPS) is 15.6. The standard InChI is InChI=1S/C15H23N5O2/c1-18(2)13(21)5-7-19-8-10-20(11-9-19)15-12(14(16)22)4-3-6-17-15/h3-4,6H,5,7-11H2,1-2H3,(H2,16,22). The van der Waals surface area contributed by atoms with Crippen molar-refractivity contribution in [2.45, 2.75) is 6.42 Å². The molecule has 1 saturated heterocycles. The van der Waals surface area contributed by atoms with E-state index < -0.39 is 5.91 Å². The molecule has 0 radical (unpaired) electrons. The van der Waals surface area contributed by atoms with Crippen LogP contribution in [-0.2, 0) is 4.79 Å². The molecule has 2 heterocycles. The number of nitrogens with zero attached hydrogens (tertiary/aromatic N) is 4. The summed E-state index contributed by atoms with van der Waals surface area (Å²) in [6.45, 7) is 3.99. The molecule has 1 aliphatic heterocycles. The van der Waals surface area contributed by atoms with Crippen molar-refractivity contribution < 1.29 is 9.59 Å². The van der Waals surface area contributed by atoms with Crippen molar-refractivity contribution in [1.82, 2.24) is 14.8 Å². The maximum atomic E-state index is 11.6. The number of hydrogen-bond donors (Lipinski definition) is 1. The molecule has 1 aromatic heterocycles. The maximum Gasteiger partial charge on any atom is 0.252 e. The highest BCUT2D eigenvalue weighted by atomic mass is 16.2. The van der Waals surface area contributed by atoms with Crippen molar-refractivity contribution in [3.05, 3.63) is 23.9 Å². The van der Waals surface area contributed by atoms with Gasteiger partial charge in [-0.25, -0.2) is 4.98 Å². The Morgan fingerprint density at radius 2 is 1.95 bits per heavy atom. The average molecular weight is 305 g/mol. The zero-order valence-corrected chi connectivity index (χ0v) is 13.2. The molecule has 0 saturated carbocycles. The second-order valence-corrected chi connectivity index (χ2v) is 5.61. The molecule has 2 rings (SSSR count). The van der Waals surface area contributed by atoms with Crippen LogP contribution in [0, 0.1) is 0 Å². The Labute approximate surface area is 130 Å². The molecule has 2 N–H and O–H groups in total. The third-order valence-corrected chi connectivity index (χ3v) is 3.86. The topological polar surface area (TPSA) is 82.8 Å². The number of aromatic nitrogens is 1. The molecule has 0 unspecified atom stereocenters. The number of carbonyl (C=O) groups is 2. The van der Waals surface area contributed by atoms with Crippen LogP contribution >= 0.6 is 0 Å². The fraction of sp³-hybridized carbons (Fsp3) is 0.533. The van der Waals surface area contributed by atoms with Gasteiger partial charge >= 0.3 is 0 Å². The van der Waals surface area contributed by atoms with E-state index in [1.807, 2.05) is 0 Å². The summed E-state index contributed by atoms with van der Waals surface area (Å²) in [6.07, 6.45) is 2.20. The van der Waals surface area contributed by atoms with E-state index in [0.717, 1.165) is 32.7 Å². The lowest BCUT2D eigenvalue weighted by molar-refractivity contribution is -0.129. The summed E-state index contributed by atoms with van der Waals surface area (Å²) in [5, 5.41) is 0. The zero-order chi connectivity index (χ0) is 16.1. The number of primary amides is 1. The van der Waals surface area contributed by atoms with Crippen molar-refractivity contribution in [3.8, 4) is 0 Å². The smallest absolute Gasteiger partial charge is 0.252 e. The first-order valence-corrected chi connectivity index (χ1v) is 7.41.